The van der Waals surface area contributed by atoms with Gasteiger partial charge in [0.1, 0.15) is 17.8 Å². The molecule has 0 aromatic carbocycles. The number of aliphatic hydroxyl groups is 3. The number of carbonyl (C=O) groups excluding carboxylic acids is 1. The molecule has 4 N–H and O–H groups in total. The van der Waals surface area contributed by atoms with E-state index in [-0.39, 0.29) is 0 Å². The van der Waals surface area contributed by atoms with Gasteiger partial charge >= 0.3 is 5.97 Å². The number of Topliss-reactive ketones (excluding diaryl/α,β-unsaturated/α-hetero) is 1. The minimum Gasteiger partial charge on any atom is -0.479 e. The van der Waals surface area contributed by atoms with E-state index >= 15 is 0 Å². The summed E-state index contributed by atoms with van der Waals surface area (Å²) in [5.74, 6) is -3.07. The summed E-state index contributed by atoms with van der Waals surface area (Å²) in [5, 5.41) is 38.2. The lowest BCUT2D eigenvalue weighted by atomic mass is 9.85. The van der Waals surface area contributed by atoms with Gasteiger partial charge in [0.05, 0.1) is 6.10 Å². The molecule has 0 amide bonds. The van der Waals surface area contributed by atoms with Gasteiger partial charge in [0, 0.05) is 0 Å². The molecular formula is C12H20O7. The number of ketones is 1. The average molecular weight is 276 g/mol. The molecule has 0 aliphatic carbocycles. The van der Waals surface area contributed by atoms with Crippen LogP contribution in [0.1, 0.15) is 27.7 Å². The average Bonchev–Trinajstić information content (AvgIpc) is 2.89. The third kappa shape index (κ3) is 2.38. The van der Waals surface area contributed by atoms with E-state index in [4.69, 9.17) is 9.84 Å². The molecule has 1 rings (SSSR count). The first-order valence-corrected chi connectivity index (χ1v) is 6.01. The van der Waals surface area contributed by atoms with E-state index in [1.807, 2.05) is 0 Å². The van der Waals surface area contributed by atoms with Crippen molar-refractivity contribution in [2.75, 3.05) is 0 Å². The predicted octanol–water partition coefficient (Wildman–Crippen LogP) is -1.07. The van der Waals surface area contributed by atoms with Crippen molar-refractivity contribution >= 4 is 11.8 Å². The van der Waals surface area contributed by atoms with Gasteiger partial charge in [-0.05, 0) is 19.8 Å². The largest absolute Gasteiger partial charge is 0.479 e. The highest BCUT2D eigenvalue weighted by atomic mass is 16.7. The number of aliphatic hydroxyl groups excluding tert-OH is 3. The molecule has 0 spiro atoms. The fourth-order valence-corrected chi connectivity index (χ4v) is 2.06. The van der Waals surface area contributed by atoms with Gasteiger partial charge in [-0.3, -0.25) is 4.79 Å². The van der Waals surface area contributed by atoms with Crippen LogP contribution >= 0.6 is 0 Å². The molecule has 4 atom stereocenters. The van der Waals surface area contributed by atoms with Gasteiger partial charge in [-0.15, -0.1) is 0 Å². The molecule has 1 saturated heterocycles. The third-order valence-corrected chi connectivity index (χ3v) is 3.49. The highest BCUT2D eigenvalue weighted by Crippen LogP contribution is 2.49. The van der Waals surface area contributed by atoms with Crippen molar-refractivity contribution < 1.29 is 34.8 Å². The van der Waals surface area contributed by atoms with Crippen molar-refractivity contribution in [1.29, 1.82) is 0 Å². The van der Waals surface area contributed by atoms with Crippen LogP contribution in [0.2, 0.25) is 0 Å². The molecule has 19 heavy (non-hydrogen) atoms. The van der Waals surface area contributed by atoms with Crippen LogP contribution < -0.4 is 0 Å². The quantitative estimate of drug-likeness (QED) is 0.359. The number of carboxylic acids is 1. The molecule has 0 aromatic rings. The smallest absolute Gasteiger partial charge is 0.347 e. The Morgan fingerprint density at radius 1 is 1.05 bits per heavy atom. The molecular weight excluding hydrogens is 256 g/mol. The number of carbonyl (C=O) groups is 2. The Balaban J connectivity index is 2.92. The van der Waals surface area contributed by atoms with Crippen molar-refractivity contribution in [3.05, 3.63) is 0 Å². The molecule has 1 aliphatic heterocycles. The topological polar surface area (TPSA) is 128 Å². The lowest BCUT2D eigenvalue weighted by Crippen LogP contribution is -2.53. The van der Waals surface area contributed by atoms with Crippen molar-refractivity contribution in [3.63, 3.8) is 0 Å². The highest BCUT2D eigenvalue weighted by Gasteiger charge is 2.76. The normalized spacial score (nSPS) is 29.7. The first kappa shape index (κ1) is 16.0. The van der Waals surface area contributed by atoms with Crippen molar-refractivity contribution in [2.24, 2.45) is 5.92 Å². The van der Waals surface area contributed by atoms with E-state index in [0.717, 1.165) is 0 Å². The maximum Gasteiger partial charge on any atom is 0.347 e. The summed E-state index contributed by atoms with van der Waals surface area (Å²) in [5.41, 5.74) is -3.41. The van der Waals surface area contributed by atoms with Crippen LogP contribution in [-0.2, 0) is 14.3 Å². The van der Waals surface area contributed by atoms with Crippen LogP contribution in [0.5, 0.6) is 0 Å². The number of aliphatic carboxylic acids is 1. The summed E-state index contributed by atoms with van der Waals surface area (Å²) >= 11 is 0. The molecule has 1 heterocycles. The monoisotopic (exact) mass is 276 g/mol. The lowest BCUT2D eigenvalue weighted by molar-refractivity contribution is -0.157. The first-order chi connectivity index (χ1) is 8.49. The van der Waals surface area contributed by atoms with E-state index in [9.17, 15) is 24.9 Å². The lowest BCUT2D eigenvalue weighted by Gasteiger charge is -2.25. The minimum absolute atomic E-state index is 0.397. The number of ether oxygens (including phenoxy) is 1. The van der Waals surface area contributed by atoms with Gasteiger partial charge in [-0.25, -0.2) is 4.79 Å². The van der Waals surface area contributed by atoms with Crippen LogP contribution in [0, 0.1) is 5.92 Å². The number of rotatable bonds is 6. The molecule has 7 heteroatoms. The fourth-order valence-electron chi connectivity index (χ4n) is 2.06. The van der Waals surface area contributed by atoms with E-state index in [1.54, 1.807) is 13.8 Å². The Morgan fingerprint density at radius 3 is 1.74 bits per heavy atom. The summed E-state index contributed by atoms with van der Waals surface area (Å²) in [7, 11) is 0. The maximum absolute atomic E-state index is 12.0. The third-order valence-electron chi connectivity index (χ3n) is 3.49. The van der Waals surface area contributed by atoms with Crippen molar-refractivity contribution in [3.8, 4) is 0 Å². The Hall–Kier alpha value is -1.02. The van der Waals surface area contributed by atoms with E-state index in [0.29, 0.717) is 0 Å². The molecule has 1 aliphatic rings. The zero-order valence-corrected chi connectivity index (χ0v) is 11.3. The van der Waals surface area contributed by atoms with E-state index in [2.05, 4.69) is 0 Å². The van der Waals surface area contributed by atoms with Crippen LogP contribution in [0.25, 0.3) is 0 Å². The summed E-state index contributed by atoms with van der Waals surface area (Å²) in [4.78, 5) is 23.2. The number of carboxylic acid groups (broad SMARTS) is 1. The number of hydrogen-bond acceptors (Lipinski definition) is 6. The summed E-state index contributed by atoms with van der Waals surface area (Å²) in [6, 6.07) is 0. The second kappa shape index (κ2) is 4.82. The summed E-state index contributed by atoms with van der Waals surface area (Å²) in [6.07, 6.45) is -5.12. The number of hydrogen-bond donors (Lipinski definition) is 4. The predicted molar refractivity (Wildman–Crippen MR) is 63.4 cm³/mol. The zero-order chi connectivity index (χ0) is 15.2. The van der Waals surface area contributed by atoms with Crippen LogP contribution in [0.15, 0.2) is 0 Å². The fraction of sp³-hybridized carbons (Fsp3) is 0.833. The zero-order valence-electron chi connectivity index (χ0n) is 11.3. The van der Waals surface area contributed by atoms with Gasteiger partial charge in [-0.1, -0.05) is 13.8 Å². The molecule has 0 aromatic heterocycles. The highest BCUT2D eigenvalue weighted by molar-refractivity contribution is 6.13. The van der Waals surface area contributed by atoms with Crippen LogP contribution in [0.3, 0.4) is 0 Å². The van der Waals surface area contributed by atoms with Gasteiger partial charge < -0.3 is 25.2 Å². The van der Waals surface area contributed by atoms with Gasteiger partial charge in [0.25, 0.3) is 5.60 Å². The molecule has 1 fully saturated rings. The maximum atomic E-state index is 12.0. The molecule has 110 valence electrons. The van der Waals surface area contributed by atoms with Gasteiger partial charge in [0.15, 0.2) is 0 Å². The second-order valence-electron chi connectivity index (χ2n) is 5.63. The Bertz CT molecular complexity index is 390. The summed E-state index contributed by atoms with van der Waals surface area (Å²) < 4.78 is 4.92. The minimum atomic E-state index is -2.16. The standard InChI is InChI=1S/C12H20O7/c1-5(2)6(13)7(14)8(15)9(16)12(10(17)18)11(3,4)19-12/h5-8,13-15H,1-4H3,(H,17,18)/t6?,7-,8+,12-/m1/s1. The second-order valence-corrected chi connectivity index (χ2v) is 5.63. The molecule has 1 unspecified atom stereocenters. The molecule has 7 nitrogen and oxygen atoms in total. The first-order valence-electron chi connectivity index (χ1n) is 6.01. The summed E-state index contributed by atoms with van der Waals surface area (Å²) in [6.45, 7) is 5.99. The van der Waals surface area contributed by atoms with Crippen LogP contribution in [0.4, 0.5) is 0 Å². The van der Waals surface area contributed by atoms with Crippen molar-refractivity contribution in [2.45, 2.75) is 57.2 Å². The van der Waals surface area contributed by atoms with Gasteiger partial charge in [0.2, 0.25) is 5.78 Å². The van der Waals surface area contributed by atoms with E-state index < -0.39 is 47.2 Å². The molecule has 0 saturated carbocycles. The van der Waals surface area contributed by atoms with Crippen LogP contribution in [-0.4, -0.2) is 61.7 Å². The van der Waals surface area contributed by atoms with Gasteiger partial charge in [-0.2, -0.15) is 0 Å². The van der Waals surface area contributed by atoms with Crippen molar-refractivity contribution in [1.82, 2.24) is 0 Å². The SMILES string of the molecule is CC(C)C(O)[C@@H](O)[C@H](O)C(=O)[C@]1(C(=O)O)OC1(C)C. The molecule has 0 bridgehead atoms. The Labute approximate surface area is 110 Å². The number of epoxide rings is 1. The van der Waals surface area contributed by atoms with E-state index in [1.165, 1.54) is 13.8 Å². The molecule has 0 radical (unpaired) electrons. The Kier molecular flexibility index (Phi) is 4.07. The Morgan fingerprint density at radius 2 is 1.47 bits per heavy atom.